The van der Waals surface area contributed by atoms with Gasteiger partial charge in [-0.1, -0.05) is 25.7 Å². The highest BCUT2D eigenvalue weighted by Gasteiger charge is 2.15. The van der Waals surface area contributed by atoms with Crippen LogP contribution in [0, 0.1) is 6.92 Å². The zero-order chi connectivity index (χ0) is 13.1. The number of hydrogen-bond acceptors (Lipinski definition) is 3. The highest BCUT2D eigenvalue weighted by Crippen LogP contribution is 2.27. The van der Waals surface area contributed by atoms with Crippen LogP contribution in [0.2, 0.25) is 0 Å². The van der Waals surface area contributed by atoms with Crippen molar-refractivity contribution in [3.05, 3.63) is 29.5 Å². The Balaban J connectivity index is 0.000000256. The molecule has 1 aromatic carbocycles. The van der Waals surface area contributed by atoms with Gasteiger partial charge in [0.25, 0.3) is 5.91 Å². The Morgan fingerprint density at radius 2 is 1.89 bits per heavy atom. The van der Waals surface area contributed by atoms with Crippen LogP contribution in [0.1, 0.15) is 41.8 Å². The van der Waals surface area contributed by atoms with Gasteiger partial charge in [0.2, 0.25) is 0 Å². The summed E-state index contributed by atoms with van der Waals surface area (Å²) in [6, 6.07) is 4.56. The molecule has 1 aliphatic rings. The van der Waals surface area contributed by atoms with Gasteiger partial charge >= 0.3 is 0 Å². The van der Waals surface area contributed by atoms with Gasteiger partial charge in [-0.3, -0.25) is 4.79 Å². The third kappa shape index (κ3) is 2.47. The quantitative estimate of drug-likeness (QED) is 0.812. The summed E-state index contributed by atoms with van der Waals surface area (Å²) in [5.41, 5.74) is 6.05. The first kappa shape index (κ1) is 12.5. The van der Waals surface area contributed by atoms with Gasteiger partial charge in [0.05, 0.1) is 5.56 Å². The fourth-order valence-electron chi connectivity index (χ4n) is 1.76. The minimum absolute atomic E-state index is 0.0993. The lowest BCUT2D eigenvalue weighted by Crippen LogP contribution is -2.11. The van der Waals surface area contributed by atoms with Crippen molar-refractivity contribution >= 4 is 16.9 Å². The molecular weight excluding hydrogens is 230 g/mol. The van der Waals surface area contributed by atoms with E-state index in [0.29, 0.717) is 22.3 Å². The number of furan rings is 1. The molecule has 1 heterocycles. The zero-order valence-electron chi connectivity index (χ0n) is 10.4. The van der Waals surface area contributed by atoms with E-state index in [2.05, 4.69) is 0 Å². The standard InChI is InChI=1S/C10H9NO3.C4H8/c1-5-9(10(11)13)7-3-2-6(12)4-8(7)14-5;1-2-4-3-1/h2-4,12H,1H3,(H2,11,13);1-4H2. The molecule has 0 saturated heterocycles. The first-order chi connectivity index (χ1) is 8.59. The molecule has 0 radical (unpaired) electrons. The zero-order valence-corrected chi connectivity index (χ0v) is 10.4. The van der Waals surface area contributed by atoms with Gasteiger partial charge < -0.3 is 15.3 Å². The molecule has 1 aliphatic carbocycles. The number of primary amides is 1. The maximum Gasteiger partial charge on any atom is 0.252 e. The van der Waals surface area contributed by atoms with Crippen molar-refractivity contribution in [2.75, 3.05) is 0 Å². The van der Waals surface area contributed by atoms with Crippen LogP contribution in [0.4, 0.5) is 0 Å². The number of hydrogen-bond donors (Lipinski definition) is 2. The summed E-state index contributed by atoms with van der Waals surface area (Å²) in [5.74, 6) is 0.0484. The predicted molar refractivity (Wildman–Crippen MR) is 69.6 cm³/mol. The van der Waals surface area contributed by atoms with E-state index in [0.717, 1.165) is 0 Å². The molecule has 2 aromatic rings. The smallest absolute Gasteiger partial charge is 0.252 e. The summed E-state index contributed by atoms with van der Waals surface area (Å²) in [4.78, 5) is 11.1. The molecule has 3 N–H and O–H groups in total. The summed E-state index contributed by atoms with van der Waals surface area (Å²) < 4.78 is 5.28. The third-order valence-corrected chi connectivity index (χ3v) is 3.10. The van der Waals surface area contributed by atoms with E-state index in [9.17, 15) is 9.90 Å². The number of phenols is 1. The number of carbonyl (C=O) groups excluding carboxylic acids is 1. The van der Waals surface area contributed by atoms with Gasteiger partial charge in [0.15, 0.2) is 0 Å². The second-order valence-corrected chi connectivity index (χ2v) is 4.49. The number of benzene rings is 1. The van der Waals surface area contributed by atoms with Crippen molar-refractivity contribution in [3.63, 3.8) is 0 Å². The van der Waals surface area contributed by atoms with Crippen LogP contribution < -0.4 is 5.73 Å². The maximum atomic E-state index is 11.1. The molecule has 1 saturated carbocycles. The third-order valence-electron chi connectivity index (χ3n) is 3.10. The molecule has 0 atom stereocenters. The number of fused-ring (bicyclic) bond motifs is 1. The first-order valence-electron chi connectivity index (χ1n) is 6.11. The number of rotatable bonds is 1. The van der Waals surface area contributed by atoms with Crippen LogP contribution >= 0.6 is 0 Å². The van der Waals surface area contributed by atoms with Crippen molar-refractivity contribution in [2.24, 2.45) is 5.73 Å². The van der Waals surface area contributed by atoms with E-state index >= 15 is 0 Å². The SMILES string of the molecule is C1CCC1.Cc1oc2cc(O)ccc2c1C(N)=O. The topological polar surface area (TPSA) is 76.5 Å². The van der Waals surface area contributed by atoms with Crippen molar-refractivity contribution in [1.82, 2.24) is 0 Å². The van der Waals surface area contributed by atoms with Crippen molar-refractivity contribution in [2.45, 2.75) is 32.6 Å². The van der Waals surface area contributed by atoms with E-state index in [1.165, 1.54) is 37.8 Å². The van der Waals surface area contributed by atoms with Crippen LogP contribution in [0.25, 0.3) is 11.0 Å². The monoisotopic (exact) mass is 247 g/mol. The van der Waals surface area contributed by atoms with Crippen LogP contribution in [0.15, 0.2) is 22.6 Å². The number of phenolic OH excluding ortho intramolecular Hbond substituents is 1. The fraction of sp³-hybridized carbons (Fsp3) is 0.357. The molecule has 0 bridgehead atoms. The van der Waals surface area contributed by atoms with Crippen molar-refractivity contribution in [3.8, 4) is 5.75 Å². The molecule has 18 heavy (non-hydrogen) atoms. The van der Waals surface area contributed by atoms with E-state index in [-0.39, 0.29) is 5.75 Å². The molecule has 1 amide bonds. The molecule has 4 heteroatoms. The van der Waals surface area contributed by atoms with E-state index in [1.54, 1.807) is 13.0 Å². The van der Waals surface area contributed by atoms with Crippen molar-refractivity contribution < 1.29 is 14.3 Å². The molecule has 4 nitrogen and oxygen atoms in total. The molecule has 1 fully saturated rings. The van der Waals surface area contributed by atoms with E-state index in [4.69, 9.17) is 10.2 Å². The maximum absolute atomic E-state index is 11.1. The fourth-order valence-corrected chi connectivity index (χ4v) is 1.76. The molecule has 96 valence electrons. The average Bonchev–Trinajstić information content (AvgIpc) is 2.49. The minimum atomic E-state index is -0.521. The summed E-state index contributed by atoms with van der Waals surface area (Å²) in [5, 5.41) is 9.83. The van der Waals surface area contributed by atoms with Crippen molar-refractivity contribution in [1.29, 1.82) is 0 Å². The Bertz CT molecular complexity index is 564. The lowest BCUT2D eigenvalue weighted by atomic mass is 10.0. The minimum Gasteiger partial charge on any atom is -0.508 e. The Morgan fingerprint density at radius 1 is 1.28 bits per heavy atom. The number of aromatic hydroxyl groups is 1. The summed E-state index contributed by atoms with van der Waals surface area (Å²) >= 11 is 0. The van der Waals surface area contributed by atoms with Crippen LogP contribution in [-0.4, -0.2) is 11.0 Å². The second-order valence-electron chi connectivity index (χ2n) is 4.49. The Labute approximate surface area is 105 Å². The summed E-state index contributed by atoms with van der Waals surface area (Å²) in [6.45, 7) is 1.66. The van der Waals surface area contributed by atoms with Crippen LogP contribution in [-0.2, 0) is 0 Å². The molecule has 0 spiro atoms. The van der Waals surface area contributed by atoms with Gasteiger partial charge in [-0.2, -0.15) is 0 Å². The molecule has 3 rings (SSSR count). The average molecular weight is 247 g/mol. The molecule has 1 aromatic heterocycles. The first-order valence-corrected chi connectivity index (χ1v) is 6.11. The number of carbonyl (C=O) groups is 1. The highest BCUT2D eigenvalue weighted by atomic mass is 16.3. The second kappa shape index (κ2) is 5.12. The predicted octanol–water partition coefficient (Wildman–Crippen LogP) is 3.11. The lowest BCUT2D eigenvalue weighted by Gasteiger charge is -2.05. The van der Waals surface area contributed by atoms with E-state index in [1.807, 2.05) is 0 Å². The Kier molecular flexibility index (Phi) is 3.55. The summed E-state index contributed by atoms with van der Waals surface area (Å²) in [6.07, 6.45) is 6.00. The molecular formula is C14H17NO3. The van der Waals surface area contributed by atoms with Gasteiger partial charge in [-0.25, -0.2) is 0 Å². The molecule has 0 unspecified atom stereocenters. The van der Waals surface area contributed by atoms with Crippen LogP contribution in [0.5, 0.6) is 5.75 Å². The van der Waals surface area contributed by atoms with Gasteiger partial charge in [-0.15, -0.1) is 0 Å². The summed E-state index contributed by atoms with van der Waals surface area (Å²) in [7, 11) is 0. The largest absolute Gasteiger partial charge is 0.508 e. The van der Waals surface area contributed by atoms with Gasteiger partial charge in [0, 0.05) is 11.5 Å². The Morgan fingerprint density at radius 3 is 2.39 bits per heavy atom. The van der Waals surface area contributed by atoms with Gasteiger partial charge in [-0.05, 0) is 19.1 Å². The lowest BCUT2D eigenvalue weighted by molar-refractivity contribution is 0.1000. The van der Waals surface area contributed by atoms with E-state index < -0.39 is 5.91 Å². The normalized spacial score (nSPS) is 13.6. The molecule has 0 aliphatic heterocycles. The van der Waals surface area contributed by atoms with Gasteiger partial charge in [0.1, 0.15) is 17.1 Å². The van der Waals surface area contributed by atoms with Crippen LogP contribution in [0.3, 0.4) is 0 Å². The number of amides is 1. The highest BCUT2D eigenvalue weighted by molar-refractivity contribution is 6.06. The number of aryl methyl sites for hydroxylation is 1. The number of nitrogens with two attached hydrogens (primary N) is 1. The Hall–Kier alpha value is -1.97.